The van der Waals surface area contributed by atoms with Crippen molar-refractivity contribution < 1.29 is 14.7 Å². The van der Waals surface area contributed by atoms with E-state index in [0.717, 1.165) is 15.6 Å². The number of anilines is 2. The molecule has 142 valence electrons. The van der Waals surface area contributed by atoms with E-state index in [9.17, 15) is 14.7 Å². The average molecular weight is 452 g/mol. The van der Waals surface area contributed by atoms with Crippen molar-refractivity contribution in [2.24, 2.45) is 0 Å². The minimum atomic E-state index is -1.01. The fraction of sp³-hybridized carbons (Fsp3) is 0.300. The molecule has 0 fully saturated rings. The van der Waals surface area contributed by atoms with E-state index in [0.29, 0.717) is 28.4 Å². The Morgan fingerprint density at radius 2 is 1.81 bits per heavy atom. The molecule has 2 aromatic rings. The van der Waals surface area contributed by atoms with Crippen LogP contribution in [0.15, 0.2) is 34.8 Å². The summed E-state index contributed by atoms with van der Waals surface area (Å²) in [6, 6.07) is 8.52. The molecule has 0 aliphatic carbocycles. The van der Waals surface area contributed by atoms with Crippen LogP contribution in [0.1, 0.15) is 34.8 Å². The number of rotatable bonds is 2. The number of hydrogen-bond acceptors (Lipinski definition) is 2. The maximum absolute atomic E-state index is 13.3. The Bertz CT molecular complexity index is 932. The summed E-state index contributed by atoms with van der Waals surface area (Å²) in [5.41, 5.74) is 3.47. The number of benzene rings is 2. The Balaban J connectivity index is 2.18. The lowest BCUT2D eigenvalue weighted by molar-refractivity contribution is 0.0982. The second-order valence-corrected chi connectivity index (χ2v) is 8.00. The van der Waals surface area contributed by atoms with Gasteiger partial charge in [-0.3, -0.25) is 9.69 Å². The van der Waals surface area contributed by atoms with Crippen LogP contribution in [-0.2, 0) is 0 Å². The molecule has 3 rings (SSSR count). The first kappa shape index (κ1) is 19.7. The lowest BCUT2D eigenvalue weighted by Crippen LogP contribution is -2.52. The highest BCUT2D eigenvalue weighted by Gasteiger charge is 2.37. The Morgan fingerprint density at radius 1 is 1.19 bits per heavy atom. The van der Waals surface area contributed by atoms with Gasteiger partial charge in [0.2, 0.25) is 0 Å². The zero-order valence-electron chi connectivity index (χ0n) is 15.3. The van der Waals surface area contributed by atoms with Crippen LogP contribution in [0.25, 0.3) is 0 Å². The first-order chi connectivity index (χ1) is 12.7. The van der Waals surface area contributed by atoms with Crippen LogP contribution < -0.4 is 9.80 Å². The van der Waals surface area contributed by atoms with Crippen LogP contribution in [0.2, 0.25) is 5.02 Å². The fourth-order valence-electron chi connectivity index (χ4n) is 3.35. The standard InChI is InChI=1S/C20H20BrClN2O3/c1-4-14-10-23(19(25)15-9-13(21)5-6-16(15)22)17-7-11(2)12(3)8-18(17)24(14)20(26)27/h5-9,14H,4,10H2,1-3H3,(H,26,27). The van der Waals surface area contributed by atoms with Gasteiger partial charge >= 0.3 is 6.09 Å². The van der Waals surface area contributed by atoms with Crippen molar-refractivity contribution in [3.05, 3.63) is 56.5 Å². The number of carbonyl (C=O) groups excluding carboxylic acids is 1. The highest BCUT2D eigenvalue weighted by molar-refractivity contribution is 9.10. The van der Waals surface area contributed by atoms with E-state index in [1.165, 1.54) is 4.90 Å². The summed E-state index contributed by atoms with van der Waals surface area (Å²) >= 11 is 9.65. The summed E-state index contributed by atoms with van der Waals surface area (Å²) in [7, 11) is 0. The monoisotopic (exact) mass is 450 g/mol. The van der Waals surface area contributed by atoms with Crippen molar-refractivity contribution in [1.82, 2.24) is 0 Å². The fourth-order valence-corrected chi connectivity index (χ4v) is 3.91. The van der Waals surface area contributed by atoms with E-state index >= 15 is 0 Å². The molecule has 0 saturated carbocycles. The average Bonchev–Trinajstić information content (AvgIpc) is 2.62. The van der Waals surface area contributed by atoms with Gasteiger partial charge in [0.25, 0.3) is 5.91 Å². The molecule has 0 aromatic heterocycles. The molecule has 2 amide bonds. The first-order valence-electron chi connectivity index (χ1n) is 8.65. The normalized spacial score (nSPS) is 16.3. The Kier molecular flexibility index (Phi) is 5.49. The van der Waals surface area contributed by atoms with Crippen LogP contribution in [0, 0.1) is 13.8 Å². The maximum Gasteiger partial charge on any atom is 0.412 e. The number of nitrogens with zero attached hydrogens (tertiary/aromatic N) is 2. The van der Waals surface area contributed by atoms with Crippen molar-refractivity contribution in [2.45, 2.75) is 33.2 Å². The summed E-state index contributed by atoms with van der Waals surface area (Å²) in [5, 5.41) is 10.1. The van der Waals surface area contributed by atoms with E-state index in [2.05, 4.69) is 15.9 Å². The summed E-state index contributed by atoms with van der Waals surface area (Å²) in [4.78, 5) is 28.3. The number of fused-ring (bicyclic) bond motifs is 1. The third kappa shape index (κ3) is 3.56. The lowest BCUT2D eigenvalue weighted by Gasteiger charge is -2.41. The Labute approximate surface area is 171 Å². The molecule has 1 unspecified atom stereocenters. The molecule has 0 radical (unpaired) electrons. The summed E-state index contributed by atoms with van der Waals surface area (Å²) in [6.45, 7) is 6.07. The van der Waals surface area contributed by atoms with Gasteiger partial charge in [0.1, 0.15) is 0 Å². The molecule has 1 N–H and O–H groups in total. The second-order valence-electron chi connectivity index (χ2n) is 6.68. The summed E-state index contributed by atoms with van der Waals surface area (Å²) in [5.74, 6) is -0.241. The predicted molar refractivity (Wildman–Crippen MR) is 111 cm³/mol. The molecular weight excluding hydrogens is 432 g/mol. The topological polar surface area (TPSA) is 60.9 Å². The van der Waals surface area contributed by atoms with Crippen LogP contribution >= 0.6 is 27.5 Å². The maximum atomic E-state index is 13.3. The molecule has 1 atom stereocenters. The van der Waals surface area contributed by atoms with E-state index in [-0.39, 0.29) is 18.5 Å². The van der Waals surface area contributed by atoms with E-state index in [1.54, 1.807) is 23.1 Å². The molecular formula is C20H20BrClN2O3. The molecule has 2 aromatic carbocycles. The molecule has 27 heavy (non-hydrogen) atoms. The number of aryl methyl sites for hydroxylation is 2. The molecule has 5 nitrogen and oxygen atoms in total. The Morgan fingerprint density at radius 3 is 2.41 bits per heavy atom. The van der Waals surface area contributed by atoms with Crippen molar-refractivity contribution in [2.75, 3.05) is 16.3 Å². The smallest absolute Gasteiger partial charge is 0.412 e. The van der Waals surface area contributed by atoms with Crippen molar-refractivity contribution >= 4 is 50.9 Å². The van der Waals surface area contributed by atoms with Gasteiger partial charge in [-0.05, 0) is 61.7 Å². The number of carbonyl (C=O) groups is 2. The van der Waals surface area contributed by atoms with Gasteiger partial charge in [-0.15, -0.1) is 0 Å². The van der Waals surface area contributed by atoms with E-state index in [1.807, 2.05) is 32.9 Å². The first-order valence-corrected chi connectivity index (χ1v) is 9.82. The van der Waals surface area contributed by atoms with Crippen molar-refractivity contribution in [3.8, 4) is 0 Å². The molecule has 0 spiro atoms. The third-order valence-corrected chi connectivity index (χ3v) is 5.80. The molecule has 1 aliphatic heterocycles. The zero-order valence-corrected chi connectivity index (χ0v) is 17.6. The van der Waals surface area contributed by atoms with Crippen molar-refractivity contribution in [3.63, 3.8) is 0 Å². The van der Waals surface area contributed by atoms with Gasteiger partial charge in [-0.25, -0.2) is 4.79 Å². The van der Waals surface area contributed by atoms with Crippen LogP contribution in [-0.4, -0.2) is 29.7 Å². The summed E-state index contributed by atoms with van der Waals surface area (Å²) < 4.78 is 0.756. The largest absolute Gasteiger partial charge is 0.465 e. The molecule has 1 heterocycles. The predicted octanol–water partition coefficient (Wildman–Crippen LogP) is 5.64. The Hall–Kier alpha value is -2.05. The van der Waals surface area contributed by atoms with Gasteiger partial charge in [0.05, 0.1) is 28.0 Å². The highest BCUT2D eigenvalue weighted by atomic mass is 79.9. The van der Waals surface area contributed by atoms with Crippen LogP contribution in [0.5, 0.6) is 0 Å². The number of hydrogen-bond donors (Lipinski definition) is 1. The summed E-state index contributed by atoms with van der Waals surface area (Å²) in [6.07, 6.45) is -0.423. The molecule has 7 heteroatoms. The van der Waals surface area contributed by atoms with Gasteiger partial charge in [0.15, 0.2) is 0 Å². The van der Waals surface area contributed by atoms with Gasteiger partial charge in [-0.1, -0.05) is 34.5 Å². The highest BCUT2D eigenvalue weighted by Crippen LogP contribution is 2.40. The number of halogens is 2. The van der Waals surface area contributed by atoms with E-state index < -0.39 is 6.09 Å². The third-order valence-electron chi connectivity index (χ3n) is 4.98. The number of amides is 2. The minimum Gasteiger partial charge on any atom is -0.465 e. The van der Waals surface area contributed by atoms with Gasteiger partial charge in [-0.2, -0.15) is 0 Å². The SMILES string of the molecule is CCC1CN(C(=O)c2cc(Br)ccc2Cl)c2cc(C)c(C)cc2N1C(=O)O. The molecule has 1 aliphatic rings. The lowest BCUT2D eigenvalue weighted by atomic mass is 9.99. The van der Waals surface area contributed by atoms with Gasteiger partial charge in [0, 0.05) is 11.0 Å². The van der Waals surface area contributed by atoms with Crippen LogP contribution in [0.4, 0.5) is 16.2 Å². The van der Waals surface area contributed by atoms with Crippen molar-refractivity contribution in [1.29, 1.82) is 0 Å². The second kappa shape index (κ2) is 7.52. The molecule has 0 bridgehead atoms. The number of carboxylic acid groups (broad SMARTS) is 1. The zero-order chi connectivity index (χ0) is 19.9. The quantitative estimate of drug-likeness (QED) is 0.642. The molecule has 0 saturated heterocycles. The van der Waals surface area contributed by atoms with Crippen LogP contribution in [0.3, 0.4) is 0 Å². The van der Waals surface area contributed by atoms with E-state index in [4.69, 9.17) is 11.6 Å². The minimum absolute atomic E-state index is 0.241. The van der Waals surface area contributed by atoms with Gasteiger partial charge < -0.3 is 10.0 Å².